The van der Waals surface area contributed by atoms with Crippen LogP contribution in [0.2, 0.25) is 5.02 Å². The summed E-state index contributed by atoms with van der Waals surface area (Å²) in [7, 11) is 3.19. The first kappa shape index (κ1) is 32.5. The standard InChI is InChI=1S/C37H42ClN3O7/c1-4-41-13-12-26(20-41)47-32-19-23(8-10-28(32)38)34-27(33-30(45-2)6-5-7-31(33)46-3)9-11-29(39-34)35(42)40-37(48-36(43)44)24-15-21-14-22(17-24)18-25(37)16-21/h5-11,19,21-22,24-26H,4,12-18,20H2,1-3H3,(H,40,42)(H,43,44). The van der Waals surface area contributed by atoms with Crippen LogP contribution >= 0.6 is 11.6 Å². The summed E-state index contributed by atoms with van der Waals surface area (Å²) in [5.74, 6) is 2.16. The number of pyridine rings is 1. The first-order chi connectivity index (χ1) is 23.2. The molecule has 254 valence electrons. The Balaban J connectivity index is 1.30. The van der Waals surface area contributed by atoms with E-state index in [0.29, 0.717) is 56.5 Å². The van der Waals surface area contributed by atoms with Crippen LogP contribution in [0.15, 0.2) is 48.5 Å². The van der Waals surface area contributed by atoms with Crippen LogP contribution in [-0.2, 0) is 4.74 Å². The molecule has 2 aromatic carbocycles. The smallest absolute Gasteiger partial charge is 0.496 e. The second-order valence-corrected chi connectivity index (χ2v) is 14.0. The molecule has 10 nitrogen and oxygen atoms in total. The second kappa shape index (κ2) is 13.1. The van der Waals surface area contributed by atoms with Crippen molar-refractivity contribution in [1.82, 2.24) is 15.2 Å². The molecule has 2 N–H and O–H groups in total. The van der Waals surface area contributed by atoms with E-state index in [4.69, 9.17) is 35.5 Å². The summed E-state index contributed by atoms with van der Waals surface area (Å²) in [5.41, 5.74) is 1.39. The lowest BCUT2D eigenvalue weighted by Crippen LogP contribution is -2.68. The molecular formula is C37H42ClN3O7. The molecule has 1 saturated heterocycles. The third-order valence-electron chi connectivity index (χ3n) is 10.9. The number of likely N-dealkylation sites (tertiary alicyclic amines) is 1. The Morgan fingerprint density at radius 3 is 2.27 bits per heavy atom. The number of likely N-dealkylation sites (N-methyl/N-ethyl adjacent to an activating group) is 1. The monoisotopic (exact) mass is 675 g/mol. The molecule has 5 aliphatic rings. The number of carboxylic acid groups (broad SMARTS) is 1. The zero-order valence-corrected chi connectivity index (χ0v) is 28.3. The zero-order chi connectivity index (χ0) is 33.6. The van der Waals surface area contributed by atoms with Crippen LogP contribution in [0.25, 0.3) is 22.4 Å². The van der Waals surface area contributed by atoms with Crippen molar-refractivity contribution in [2.75, 3.05) is 33.9 Å². The maximum Gasteiger partial charge on any atom is 0.507 e. The molecule has 0 radical (unpaired) electrons. The van der Waals surface area contributed by atoms with E-state index >= 15 is 0 Å². The van der Waals surface area contributed by atoms with Gasteiger partial charge < -0.3 is 29.4 Å². The fraction of sp³-hybridized carbons (Fsp3) is 0.486. The molecule has 4 bridgehead atoms. The number of hydrogen-bond acceptors (Lipinski definition) is 8. The highest BCUT2D eigenvalue weighted by Crippen LogP contribution is 2.58. The van der Waals surface area contributed by atoms with Crippen LogP contribution in [-0.4, -0.2) is 72.7 Å². The molecule has 3 aromatic rings. The second-order valence-electron chi connectivity index (χ2n) is 13.6. The molecule has 4 saturated carbocycles. The first-order valence-electron chi connectivity index (χ1n) is 16.9. The van der Waals surface area contributed by atoms with Crippen molar-refractivity contribution in [3.05, 3.63) is 59.2 Å². The maximum atomic E-state index is 14.2. The Bertz CT molecular complexity index is 1660. The third kappa shape index (κ3) is 5.94. The van der Waals surface area contributed by atoms with E-state index in [0.717, 1.165) is 51.7 Å². The molecule has 2 heterocycles. The fourth-order valence-electron chi connectivity index (χ4n) is 8.89. The summed E-state index contributed by atoms with van der Waals surface area (Å²) in [6, 6.07) is 14.5. The van der Waals surface area contributed by atoms with E-state index in [1.165, 1.54) is 6.42 Å². The fourth-order valence-corrected chi connectivity index (χ4v) is 9.05. The summed E-state index contributed by atoms with van der Waals surface area (Å²) >= 11 is 6.67. The molecule has 1 unspecified atom stereocenters. The Morgan fingerprint density at radius 1 is 0.979 bits per heavy atom. The van der Waals surface area contributed by atoms with Gasteiger partial charge in [0.1, 0.15) is 29.0 Å². The number of methoxy groups -OCH3 is 2. The Hall–Kier alpha value is -4.02. The van der Waals surface area contributed by atoms with Crippen molar-refractivity contribution < 1.29 is 33.6 Å². The summed E-state index contributed by atoms with van der Waals surface area (Å²) < 4.78 is 23.6. The van der Waals surface area contributed by atoms with Crippen molar-refractivity contribution in [1.29, 1.82) is 0 Å². The van der Waals surface area contributed by atoms with Gasteiger partial charge in [0.2, 0.25) is 0 Å². The normalized spacial score (nSPS) is 27.5. The lowest BCUT2D eigenvalue weighted by molar-refractivity contribution is -0.191. The molecule has 11 heteroatoms. The van der Waals surface area contributed by atoms with Gasteiger partial charge in [-0.05, 0) is 93.3 Å². The maximum absolute atomic E-state index is 14.2. The number of carbonyl (C=O) groups excluding carboxylic acids is 1. The van der Waals surface area contributed by atoms with Crippen LogP contribution in [0.4, 0.5) is 4.79 Å². The van der Waals surface area contributed by atoms with E-state index in [-0.39, 0.29) is 23.6 Å². The number of nitrogens with zero attached hydrogens (tertiary/aromatic N) is 2. The Morgan fingerprint density at radius 2 is 1.67 bits per heavy atom. The van der Waals surface area contributed by atoms with E-state index in [2.05, 4.69) is 17.1 Å². The molecule has 5 fully saturated rings. The number of amides is 1. The van der Waals surface area contributed by atoms with Gasteiger partial charge in [0.15, 0.2) is 5.72 Å². The van der Waals surface area contributed by atoms with Crippen molar-refractivity contribution in [2.45, 2.75) is 57.3 Å². The Kier molecular flexibility index (Phi) is 8.89. The number of carbonyl (C=O) groups is 2. The van der Waals surface area contributed by atoms with Crippen LogP contribution in [0.1, 0.15) is 55.9 Å². The lowest BCUT2D eigenvalue weighted by Gasteiger charge is -2.59. The van der Waals surface area contributed by atoms with Crippen molar-refractivity contribution in [3.8, 4) is 39.6 Å². The van der Waals surface area contributed by atoms with Crippen LogP contribution in [0, 0.1) is 23.7 Å². The van der Waals surface area contributed by atoms with Crippen LogP contribution < -0.4 is 19.5 Å². The van der Waals surface area contributed by atoms with E-state index < -0.39 is 17.8 Å². The van der Waals surface area contributed by atoms with Gasteiger partial charge in [-0.25, -0.2) is 9.78 Å². The quantitative estimate of drug-likeness (QED) is 0.171. The molecule has 0 spiro atoms. The van der Waals surface area contributed by atoms with Crippen molar-refractivity contribution >= 4 is 23.7 Å². The molecule has 1 atom stereocenters. The van der Waals surface area contributed by atoms with Crippen LogP contribution in [0.3, 0.4) is 0 Å². The van der Waals surface area contributed by atoms with Crippen LogP contribution in [0.5, 0.6) is 17.2 Å². The summed E-state index contributed by atoms with van der Waals surface area (Å²) in [6.45, 7) is 4.87. The number of hydrogen-bond donors (Lipinski definition) is 2. The number of nitrogens with one attached hydrogen (secondary N) is 1. The molecule has 1 aromatic heterocycles. The number of aromatic nitrogens is 1. The molecule has 1 amide bonds. The van der Waals surface area contributed by atoms with Crippen molar-refractivity contribution in [2.24, 2.45) is 23.7 Å². The van der Waals surface area contributed by atoms with E-state index in [9.17, 15) is 14.7 Å². The van der Waals surface area contributed by atoms with Gasteiger partial charge in [0.05, 0.1) is 30.5 Å². The molecule has 8 rings (SSSR count). The minimum Gasteiger partial charge on any atom is -0.496 e. The largest absolute Gasteiger partial charge is 0.507 e. The van der Waals surface area contributed by atoms with Gasteiger partial charge in [-0.1, -0.05) is 30.7 Å². The zero-order valence-electron chi connectivity index (χ0n) is 27.5. The SMILES string of the molecule is CCN1CCC(Oc2cc(-c3nc(C(=O)NC4(OC(=O)O)C5CC6CC(C5)CC4C6)ccc3-c3c(OC)cccc3OC)ccc2Cl)C1. The van der Waals surface area contributed by atoms with Gasteiger partial charge in [-0.2, -0.15) is 0 Å². The third-order valence-corrected chi connectivity index (χ3v) is 11.2. The minimum absolute atomic E-state index is 0.00274. The van der Waals surface area contributed by atoms with Gasteiger partial charge in [-0.3, -0.25) is 9.69 Å². The Labute approximate surface area is 285 Å². The first-order valence-corrected chi connectivity index (χ1v) is 17.2. The van der Waals surface area contributed by atoms with E-state index in [1.54, 1.807) is 26.4 Å². The molecule has 1 aliphatic heterocycles. The van der Waals surface area contributed by atoms with Gasteiger partial charge in [0, 0.05) is 36.1 Å². The highest BCUT2D eigenvalue weighted by Gasteiger charge is 2.61. The predicted octanol–water partition coefficient (Wildman–Crippen LogP) is 7.14. The topological polar surface area (TPSA) is 119 Å². The summed E-state index contributed by atoms with van der Waals surface area (Å²) in [6.07, 6.45) is 4.07. The van der Waals surface area contributed by atoms with Gasteiger partial charge in [-0.15, -0.1) is 0 Å². The number of benzene rings is 2. The summed E-state index contributed by atoms with van der Waals surface area (Å²) in [4.78, 5) is 33.5. The average Bonchev–Trinajstić information content (AvgIpc) is 3.54. The number of rotatable bonds is 10. The molecule has 48 heavy (non-hydrogen) atoms. The van der Waals surface area contributed by atoms with E-state index in [1.807, 2.05) is 36.4 Å². The highest BCUT2D eigenvalue weighted by molar-refractivity contribution is 6.32. The number of halogens is 1. The van der Waals surface area contributed by atoms with Crippen molar-refractivity contribution in [3.63, 3.8) is 0 Å². The van der Waals surface area contributed by atoms with Gasteiger partial charge >= 0.3 is 6.16 Å². The number of ether oxygens (including phenoxy) is 4. The highest BCUT2D eigenvalue weighted by atomic mass is 35.5. The molecular weight excluding hydrogens is 634 g/mol. The predicted molar refractivity (Wildman–Crippen MR) is 181 cm³/mol. The average molecular weight is 676 g/mol. The molecule has 4 aliphatic carbocycles. The summed E-state index contributed by atoms with van der Waals surface area (Å²) in [5, 5.41) is 13.4. The lowest BCUT2D eigenvalue weighted by atomic mass is 9.52. The minimum atomic E-state index is -1.38. The van der Waals surface area contributed by atoms with Gasteiger partial charge in [0.25, 0.3) is 5.91 Å².